The molecule has 0 aromatic carbocycles. The third-order valence-electron chi connectivity index (χ3n) is 6.86. The number of hydrogen-bond donors (Lipinski definition) is 0. The van der Waals surface area contributed by atoms with Crippen molar-refractivity contribution < 1.29 is 13.5 Å². The molecule has 0 aromatic heterocycles. The van der Waals surface area contributed by atoms with Crippen molar-refractivity contribution in [1.29, 1.82) is 0 Å². The molecule has 4 unspecified atom stereocenters. The van der Waals surface area contributed by atoms with Crippen LogP contribution in [-0.4, -0.2) is 25.6 Å². The van der Waals surface area contributed by atoms with Crippen LogP contribution < -0.4 is 0 Å². The third-order valence-corrected chi connectivity index (χ3v) is 6.86. The highest BCUT2D eigenvalue weighted by Crippen LogP contribution is 2.39. The highest BCUT2D eigenvalue weighted by atomic mass is 19.2. The van der Waals surface area contributed by atoms with Crippen molar-refractivity contribution in [2.45, 2.75) is 96.0 Å². The molecule has 2 fully saturated rings. The zero-order valence-electron chi connectivity index (χ0n) is 16.3. The summed E-state index contributed by atoms with van der Waals surface area (Å²) in [4.78, 5) is 0. The Morgan fingerprint density at radius 1 is 1.04 bits per heavy atom. The van der Waals surface area contributed by atoms with Crippen molar-refractivity contribution in [3.8, 4) is 0 Å². The van der Waals surface area contributed by atoms with E-state index in [0.717, 1.165) is 31.1 Å². The molecule has 0 spiro atoms. The summed E-state index contributed by atoms with van der Waals surface area (Å²) in [5.41, 5.74) is 0. The second kappa shape index (κ2) is 10.6. The van der Waals surface area contributed by atoms with Gasteiger partial charge in [0.05, 0.1) is 6.10 Å². The van der Waals surface area contributed by atoms with Crippen LogP contribution in [0.3, 0.4) is 0 Å². The van der Waals surface area contributed by atoms with E-state index in [1.165, 1.54) is 52.1 Å². The minimum absolute atomic E-state index is 0.111. The molecule has 2 aliphatic rings. The lowest BCUT2D eigenvalue weighted by atomic mass is 9.72. The van der Waals surface area contributed by atoms with Crippen LogP contribution in [0.25, 0.3) is 0 Å². The summed E-state index contributed by atoms with van der Waals surface area (Å²) >= 11 is 0. The number of allylic oxidation sites excluding steroid dienone is 1. The molecule has 2 saturated carbocycles. The molecule has 2 aliphatic carbocycles. The van der Waals surface area contributed by atoms with E-state index in [1.54, 1.807) is 0 Å². The quantitative estimate of drug-likeness (QED) is 0.419. The van der Waals surface area contributed by atoms with Crippen molar-refractivity contribution in [1.82, 2.24) is 0 Å². The van der Waals surface area contributed by atoms with Crippen LogP contribution in [0.1, 0.15) is 77.6 Å². The third kappa shape index (κ3) is 5.77. The largest absolute Gasteiger partial charge is 0.378 e. The van der Waals surface area contributed by atoms with Crippen LogP contribution in [0.2, 0.25) is 0 Å². The number of alkyl halides is 2. The molecular weight excluding hydrogens is 318 g/mol. The number of ether oxygens (including phenoxy) is 1. The van der Waals surface area contributed by atoms with E-state index in [-0.39, 0.29) is 5.92 Å². The lowest BCUT2D eigenvalue weighted by Crippen LogP contribution is -2.42. The van der Waals surface area contributed by atoms with E-state index in [2.05, 4.69) is 19.6 Å². The van der Waals surface area contributed by atoms with Crippen LogP contribution in [0, 0.1) is 23.7 Å². The molecule has 3 heteroatoms. The van der Waals surface area contributed by atoms with Crippen molar-refractivity contribution in [3.05, 3.63) is 12.7 Å². The van der Waals surface area contributed by atoms with Crippen LogP contribution in [0.5, 0.6) is 0 Å². The van der Waals surface area contributed by atoms with Crippen LogP contribution in [0.15, 0.2) is 12.7 Å². The van der Waals surface area contributed by atoms with Gasteiger partial charge in [0.1, 0.15) is 6.17 Å². The van der Waals surface area contributed by atoms with Crippen LogP contribution in [-0.2, 0) is 4.74 Å². The zero-order chi connectivity index (χ0) is 18.2. The van der Waals surface area contributed by atoms with E-state index in [1.807, 2.05) is 0 Å². The van der Waals surface area contributed by atoms with Crippen molar-refractivity contribution in [3.63, 3.8) is 0 Å². The zero-order valence-corrected chi connectivity index (χ0v) is 16.3. The summed E-state index contributed by atoms with van der Waals surface area (Å²) in [6.45, 7) is 6.21. The Hall–Kier alpha value is -0.440. The minimum Gasteiger partial charge on any atom is -0.378 e. The van der Waals surface area contributed by atoms with Crippen LogP contribution >= 0.6 is 0 Å². The molecule has 0 radical (unpaired) electrons. The first-order valence-electron chi connectivity index (χ1n) is 10.5. The predicted molar refractivity (Wildman–Crippen MR) is 101 cm³/mol. The molecule has 0 aromatic rings. The fourth-order valence-corrected chi connectivity index (χ4v) is 5.19. The summed E-state index contributed by atoms with van der Waals surface area (Å²) in [6, 6.07) is 0. The number of halogens is 2. The topological polar surface area (TPSA) is 9.23 Å². The van der Waals surface area contributed by atoms with Crippen molar-refractivity contribution >= 4 is 0 Å². The first kappa shape index (κ1) is 20.9. The lowest BCUT2D eigenvalue weighted by Gasteiger charge is -2.35. The first-order chi connectivity index (χ1) is 12.1. The fraction of sp³-hybridized carbons (Fsp3) is 0.909. The summed E-state index contributed by atoms with van der Waals surface area (Å²) < 4.78 is 33.4. The van der Waals surface area contributed by atoms with E-state index in [9.17, 15) is 8.78 Å². The lowest BCUT2D eigenvalue weighted by molar-refractivity contribution is -0.0577. The van der Waals surface area contributed by atoms with Gasteiger partial charge in [-0.3, -0.25) is 0 Å². The van der Waals surface area contributed by atoms with Gasteiger partial charge in [0.25, 0.3) is 0 Å². The standard InChI is InChI=1S/C22H38F2O/c1-4-7-17(18-12-10-16(5-2)11-13-18)8-6-9-19-14-15-20(25-3)22(24)21(19)23/h5,16-22H,2,4,6-15H2,1,3H3/t16?,17-,18?,19?,20?,21?,22?/m1/s1. The maximum Gasteiger partial charge on any atom is 0.157 e. The molecule has 146 valence electrons. The summed E-state index contributed by atoms with van der Waals surface area (Å²) in [7, 11) is 1.49. The van der Waals surface area contributed by atoms with Crippen LogP contribution in [0.4, 0.5) is 8.78 Å². The highest BCUT2D eigenvalue weighted by Gasteiger charge is 2.40. The maximum absolute atomic E-state index is 14.3. The van der Waals surface area contributed by atoms with Gasteiger partial charge in [-0.25, -0.2) is 8.78 Å². The summed E-state index contributed by atoms with van der Waals surface area (Å²) in [5, 5.41) is 0. The second-order valence-electron chi connectivity index (χ2n) is 8.39. The maximum atomic E-state index is 14.3. The number of hydrogen-bond acceptors (Lipinski definition) is 1. The van der Waals surface area contributed by atoms with Gasteiger partial charge in [-0.1, -0.05) is 38.7 Å². The van der Waals surface area contributed by atoms with E-state index >= 15 is 0 Å². The van der Waals surface area contributed by atoms with Crippen molar-refractivity contribution in [2.75, 3.05) is 7.11 Å². The molecule has 0 saturated heterocycles. The van der Waals surface area contributed by atoms with Gasteiger partial charge in [-0.05, 0) is 68.6 Å². The molecule has 0 bridgehead atoms. The van der Waals surface area contributed by atoms with E-state index in [4.69, 9.17) is 4.74 Å². The molecule has 2 rings (SSSR count). The monoisotopic (exact) mass is 356 g/mol. The van der Waals surface area contributed by atoms with Crippen molar-refractivity contribution in [2.24, 2.45) is 23.7 Å². The molecule has 1 nitrogen and oxygen atoms in total. The highest BCUT2D eigenvalue weighted by molar-refractivity contribution is 4.89. The van der Waals surface area contributed by atoms with E-state index < -0.39 is 18.4 Å². The van der Waals surface area contributed by atoms with Gasteiger partial charge in [0.2, 0.25) is 0 Å². The Kier molecular flexibility index (Phi) is 8.89. The van der Waals surface area contributed by atoms with Gasteiger partial charge in [0, 0.05) is 7.11 Å². The normalized spacial score (nSPS) is 37.6. The molecule has 0 N–H and O–H groups in total. The smallest absolute Gasteiger partial charge is 0.157 e. The average molecular weight is 357 g/mol. The molecule has 25 heavy (non-hydrogen) atoms. The number of rotatable bonds is 9. The van der Waals surface area contributed by atoms with Gasteiger partial charge in [-0.15, -0.1) is 6.58 Å². The Bertz CT molecular complexity index is 378. The second-order valence-corrected chi connectivity index (χ2v) is 8.39. The Morgan fingerprint density at radius 3 is 2.36 bits per heavy atom. The minimum atomic E-state index is -1.44. The molecule has 0 aliphatic heterocycles. The summed E-state index contributed by atoms with van der Waals surface area (Å²) in [5.74, 6) is 2.20. The summed E-state index contributed by atoms with van der Waals surface area (Å²) in [6.07, 6.45) is 11.0. The molecule has 0 heterocycles. The Balaban J connectivity index is 1.76. The Morgan fingerprint density at radius 2 is 1.76 bits per heavy atom. The average Bonchev–Trinajstić information content (AvgIpc) is 2.64. The Labute approximate surface area is 153 Å². The van der Waals surface area contributed by atoms with E-state index in [0.29, 0.717) is 12.3 Å². The SMILES string of the molecule is C=CC1CCC([C@H](CCC)CCCC2CCC(OC)C(F)C2F)CC1. The van der Waals surface area contributed by atoms with Gasteiger partial charge in [0.15, 0.2) is 6.17 Å². The van der Waals surface area contributed by atoms with Gasteiger partial charge < -0.3 is 4.74 Å². The van der Waals surface area contributed by atoms with Gasteiger partial charge >= 0.3 is 0 Å². The van der Waals surface area contributed by atoms with Gasteiger partial charge in [-0.2, -0.15) is 0 Å². The molecule has 0 amide bonds. The molecule has 5 atom stereocenters. The first-order valence-corrected chi connectivity index (χ1v) is 10.5. The fourth-order valence-electron chi connectivity index (χ4n) is 5.19. The molecular formula is C22H38F2O. The number of methoxy groups -OCH3 is 1. The predicted octanol–water partition coefficient (Wildman–Crippen LogP) is 6.67.